The standard InChI is InChI=1S/C21H19ClN2O3S2/c22-16-8-6-15(7-9-16)11-18-20(27)24(21(28)29-18)12-19(26)23-17(13-25)10-14-4-2-1-3-5-14/h1-9,11,17,25H,10,12-13H2,(H,23,26). The molecule has 1 aliphatic rings. The second kappa shape index (κ2) is 10.0. The van der Waals surface area contributed by atoms with Crippen LogP contribution in [-0.4, -0.2) is 45.3 Å². The molecule has 0 radical (unpaired) electrons. The fraction of sp³-hybridized carbons (Fsp3) is 0.190. The Morgan fingerprint density at radius 1 is 1.21 bits per heavy atom. The van der Waals surface area contributed by atoms with Crippen LogP contribution in [0.1, 0.15) is 11.1 Å². The van der Waals surface area contributed by atoms with Crippen molar-refractivity contribution in [1.29, 1.82) is 0 Å². The summed E-state index contributed by atoms with van der Waals surface area (Å²) in [5.41, 5.74) is 1.82. The van der Waals surface area contributed by atoms with Crippen molar-refractivity contribution in [3.63, 3.8) is 0 Å². The number of aliphatic hydroxyl groups is 1. The highest BCUT2D eigenvalue weighted by Gasteiger charge is 2.33. The zero-order valence-corrected chi connectivity index (χ0v) is 17.8. The van der Waals surface area contributed by atoms with Gasteiger partial charge in [0, 0.05) is 5.02 Å². The van der Waals surface area contributed by atoms with Crippen LogP contribution in [0, 0.1) is 0 Å². The van der Waals surface area contributed by atoms with Gasteiger partial charge in [-0.05, 0) is 35.8 Å². The number of carbonyl (C=O) groups excluding carboxylic acids is 2. The topological polar surface area (TPSA) is 69.6 Å². The molecule has 2 aromatic rings. The van der Waals surface area contributed by atoms with E-state index in [9.17, 15) is 14.7 Å². The van der Waals surface area contributed by atoms with E-state index in [0.29, 0.717) is 20.7 Å². The molecule has 2 aromatic carbocycles. The summed E-state index contributed by atoms with van der Waals surface area (Å²) in [7, 11) is 0. The Morgan fingerprint density at radius 2 is 1.90 bits per heavy atom. The van der Waals surface area contributed by atoms with Crippen LogP contribution in [0.2, 0.25) is 5.02 Å². The van der Waals surface area contributed by atoms with Crippen LogP contribution < -0.4 is 5.32 Å². The molecule has 150 valence electrons. The number of hydrogen-bond donors (Lipinski definition) is 2. The van der Waals surface area contributed by atoms with Crippen LogP contribution in [0.15, 0.2) is 59.5 Å². The van der Waals surface area contributed by atoms with E-state index in [1.54, 1.807) is 30.3 Å². The van der Waals surface area contributed by atoms with E-state index in [1.807, 2.05) is 30.3 Å². The van der Waals surface area contributed by atoms with Crippen molar-refractivity contribution in [3.8, 4) is 0 Å². The Labute approximate surface area is 183 Å². The van der Waals surface area contributed by atoms with E-state index in [-0.39, 0.29) is 25.0 Å². The monoisotopic (exact) mass is 446 g/mol. The number of rotatable bonds is 7. The van der Waals surface area contributed by atoms with E-state index in [2.05, 4.69) is 5.32 Å². The van der Waals surface area contributed by atoms with Crippen molar-refractivity contribution >= 4 is 57.8 Å². The summed E-state index contributed by atoms with van der Waals surface area (Å²) in [6.07, 6.45) is 2.22. The van der Waals surface area contributed by atoms with Gasteiger partial charge in [-0.15, -0.1) is 0 Å². The third-order valence-corrected chi connectivity index (χ3v) is 5.88. The molecule has 3 rings (SSSR count). The number of carbonyl (C=O) groups is 2. The van der Waals surface area contributed by atoms with Gasteiger partial charge in [0.1, 0.15) is 10.9 Å². The van der Waals surface area contributed by atoms with E-state index in [1.165, 1.54) is 4.90 Å². The van der Waals surface area contributed by atoms with Gasteiger partial charge >= 0.3 is 0 Å². The summed E-state index contributed by atoms with van der Waals surface area (Å²) in [6.45, 7) is -0.386. The molecule has 2 amide bonds. The molecule has 1 aliphatic heterocycles. The van der Waals surface area contributed by atoms with Crippen LogP contribution >= 0.6 is 35.6 Å². The quantitative estimate of drug-likeness (QED) is 0.504. The molecule has 0 aliphatic carbocycles. The highest BCUT2D eigenvalue weighted by Crippen LogP contribution is 2.32. The van der Waals surface area contributed by atoms with Crippen molar-refractivity contribution in [2.24, 2.45) is 0 Å². The van der Waals surface area contributed by atoms with Gasteiger partial charge in [-0.3, -0.25) is 14.5 Å². The summed E-state index contributed by atoms with van der Waals surface area (Å²) in [4.78, 5) is 26.8. The summed E-state index contributed by atoms with van der Waals surface area (Å²) in [5, 5.41) is 13.0. The minimum Gasteiger partial charge on any atom is -0.394 e. The smallest absolute Gasteiger partial charge is 0.266 e. The first-order valence-corrected chi connectivity index (χ1v) is 10.5. The molecular formula is C21H19ClN2O3S2. The molecule has 0 saturated carbocycles. The zero-order valence-electron chi connectivity index (χ0n) is 15.4. The minimum absolute atomic E-state index is 0.187. The fourth-order valence-electron chi connectivity index (χ4n) is 2.82. The van der Waals surface area contributed by atoms with Gasteiger partial charge in [0.05, 0.1) is 17.6 Å². The van der Waals surface area contributed by atoms with Crippen LogP contribution in [0.4, 0.5) is 0 Å². The maximum absolute atomic E-state index is 12.7. The number of thioether (sulfide) groups is 1. The van der Waals surface area contributed by atoms with Gasteiger partial charge in [-0.25, -0.2) is 0 Å². The molecule has 8 heteroatoms. The van der Waals surface area contributed by atoms with E-state index in [0.717, 1.165) is 22.9 Å². The van der Waals surface area contributed by atoms with Gasteiger partial charge in [0.25, 0.3) is 5.91 Å². The molecule has 0 aromatic heterocycles. The molecule has 1 fully saturated rings. The van der Waals surface area contributed by atoms with Gasteiger partial charge in [-0.1, -0.05) is 78.0 Å². The van der Waals surface area contributed by atoms with E-state index >= 15 is 0 Å². The molecule has 1 saturated heterocycles. The molecule has 2 N–H and O–H groups in total. The van der Waals surface area contributed by atoms with Gasteiger partial charge in [-0.2, -0.15) is 0 Å². The second-order valence-electron chi connectivity index (χ2n) is 6.46. The Morgan fingerprint density at radius 3 is 2.55 bits per heavy atom. The van der Waals surface area contributed by atoms with Gasteiger partial charge in [0.15, 0.2) is 0 Å². The van der Waals surface area contributed by atoms with Crippen LogP contribution in [0.5, 0.6) is 0 Å². The van der Waals surface area contributed by atoms with Crippen molar-refractivity contribution in [3.05, 3.63) is 75.7 Å². The average molecular weight is 447 g/mol. The number of benzene rings is 2. The predicted octanol–water partition coefficient (Wildman–Crippen LogP) is 3.26. The highest BCUT2D eigenvalue weighted by atomic mass is 35.5. The predicted molar refractivity (Wildman–Crippen MR) is 120 cm³/mol. The lowest BCUT2D eigenvalue weighted by Crippen LogP contribution is -2.45. The third-order valence-electron chi connectivity index (χ3n) is 4.25. The summed E-state index contributed by atoms with van der Waals surface area (Å²) in [6, 6.07) is 16.2. The Hall–Kier alpha value is -2.19. The summed E-state index contributed by atoms with van der Waals surface area (Å²) < 4.78 is 0.328. The van der Waals surface area contributed by atoms with Crippen LogP contribution in [0.3, 0.4) is 0 Å². The number of amides is 2. The molecule has 0 bridgehead atoms. The molecule has 1 heterocycles. The lowest BCUT2D eigenvalue weighted by atomic mass is 10.1. The number of halogens is 1. The number of hydrogen-bond acceptors (Lipinski definition) is 5. The lowest BCUT2D eigenvalue weighted by molar-refractivity contribution is -0.129. The first kappa shape index (κ1) is 21.5. The van der Waals surface area contributed by atoms with Crippen LogP contribution in [0.25, 0.3) is 6.08 Å². The highest BCUT2D eigenvalue weighted by molar-refractivity contribution is 8.26. The molecule has 29 heavy (non-hydrogen) atoms. The van der Waals surface area contributed by atoms with Crippen molar-refractivity contribution in [2.45, 2.75) is 12.5 Å². The second-order valence-corrected chi connectivity index (χ2v) is 8.57. The lowest BCUT2D eigenvalue weighted by Gasteiger charge is -2.19. The van der Waals surface area contributed by atoms with Crippen molar-refractivity contribution < 1.29 is 14.7 Å². The molecule has 5 nitrogen and oxygen atoms in total. The molecular weight excluding hydrogens is 428 g/mol. The number of nitrogens with zero attached hydrogens (tertiary/aromatic N) is 1. The summed E-state index contributed by atoms with van der Waals surface area (Å²) in [5.74, 6) is -0.683. The number of thiocarbonyl (C=S) groups is 1. The Balaban J connectivity index is 1.61. The fourth-order valence-corrected chi connectivity index (χ4v) is 4.20. The molecule has 1 unspecified atom stereocenters. The molecule has 1 atom stereocenters. The van der Waals surface area contributed by atoms with Crippen molar-refractivity contribution in [2.75, 3.05) is 13.2 Å². The Kier molecular flexibility index (Phi) is 7.44. The molecule has 0 spiro atoms. The minimum atomic E-state index is -0.437. The first-order valence-electron chi connectivity index (χ1n) is 8.91. The third kappa shape index (κ3) is 5.90. The summed E-state index contributed by atoms with van der Waals surface area (Å²) >= 11 is 12.3. The van der Waals surface area contributed by atoms with Gasteiger partial charge in [0.2, 0.25) is 5.91 Å². The van der Waals surface area contributed by atoms with Gasteiger partial charge < -0.3 is 10.4 Å². The first-order chi connectivity index (χ1) is 14.0. The normalized spacial score (nSPS) is 16.3. The van der Waals surface area contributed by atoms with E-state index < -0.39 is 6.04 Å². The SMILES string of the molecule is O=C(CN1C(=O)C(=Cc2ccc(Cl)cc2)SC1=S)NC(CO)Cc1ccccc1. The maximum atomic E-state index is 12.7. The Bertz CT molecular complexity index is 933. The van der Waals surface area contributed by atoms with Crippen molar-refractivity contribution in [1.82, 2.24) is 10.2 Å². The zero-order chi connectivity index (χ0) is 20.8. The largest absolute Gasteiger partial charge is 0.394 e. The maximum Gasteiger partial charge on any atom is 0.266 e. The average Bonchev–Trinajstić information content (AvgIpc) is 2.97. The number of aliphatic hydroxyl groups excluding tert-OH is 1. The van der Waals surface area contributed by atoms with Crippen LogP contribution in [-0.2, 0) is 16.0 Å². The number of nitrogens with one attached hydrogen (secondary N) is 1. The van der Waals surface area contributed by atoms with E-state index in [4.69, 9.17) is 23.8 Å².